The van der Waals surface area contributed by atoms with Crippen LogP contribution in [0.3, 0.4) is 0 Å². The van der Waals surface area contributed by atoms with E-state index >= 15 is 0 Å². The number of hydrogen-bond donors (Lipinski definition) is 0. The highest BCUT2D eigenvalue weighted by molar-refractivity contribution is 5.69. The lowest BCUT2D eigenvalue weighted by molar-refractivity contribution is -0.00426. The molecule has 3 aliphatic rings. The second kappa shape index (κ2) is 5.83. The average molecular weight is 329 g/mol. The number of methoxy groups -OCH3 is 1. The number of amides is 1. The van der Waals surface area contributed by atoms with Crippen LogP contribution >= 0.6 is 0 Å². The molecule has 3 atom stereocenters. The molecule has 24 heavy (non-hydrogen) atoms. The summed E-state index contributed by atoms with van der Waals surface area (Å²) in [5.41, 5.74) is 3.05. The standard InChI is InChI=1S/C20H25NO3/c1-3-24-19(22)21-11-10-20-9-5-4-6-16(20)18(21)12-14-7-8-15(23-2)13-17(14)20/h3,7-8,13,16,18H,1,4-6,9-12H2,2H3/t16?,18-,20-/m0/s1/i2+2. The number of benzene rings is 1. The number of carbonyl (C=O) groups excluding carboxylic acids is 1. The number of carbonyl (C=O) groups is 1. The van der Waals surface area contributed by atoms with E-state index in [1.54, 1.807) is 7.11 Å². The van der Waals surface area contributed by atoms with Crippen LogP contribution in [0.15, 0.2) is 31.0 Å². The first kappa shape index (κ1) is 15.6. The summed E-state index contributed by atoms with van der Waals surface area (Å²) in [6.45, 7) is 4.30. The van der Waals surface area contributed by atoms with Gasteiger partial charge in [0.25, 0.3) is 0 Å². The van der Waals surface area contributed by atoms with Gasteiger partial charge in [-0.15, -0.1) is 0 Å². The second-order valence-corrected chi connectivity index (χ2v) is 7.30. The third kappa shape index (κ3) is 2.15. The monoisotopic (exact) mass is 329 g/mol. The predicted molar refractivity (Wildman–Crippen MR) is 92.1 cm³/mol. The smallest absolute Gasteiger partial charge is 0.414 e. The van der Waals surface area contributed by atoms with Gasteiger partial charge in [-0.1, -0.05) is 25.5 Å². The van der Waals surface area contributed by atoms with Gasteiger partial charge in [0, 0.05) is 18.0 Å². The van der Waals surface area contributed by atoms with Gasteiger partial charge in [-0.2, -0.15) is 0 Å². The van der Waals surface area contributed by atoms with Gasteiger partial charge in [0.15, 0.2) is 0 Å². The normalized spacial score (nSPS) is 30.8. The van der Waals surface area contributed by atoms with Gasteiger partial charge in [-0.3, -0.25) is 0 Å². The van der Waals surface area contributed by atoms with Crippen molar-refractivity contribution in [2.24, 2.45) is 5.92 Å². The van der Waals surface area contributed by atoms with Gasteiger partial charge in [0.2, 0.25) is 0 Å². The zero-order valence-electron chi connectivity index (χ0n) is 14.3. The maximum Gasteiger partial charge on any atom is 0.414 e. The molecule has 1 aliphatic heterocycles. The second-order valence-electron chi connectivity index (χ2n) is 7.30. The Balaban J connectivity index is 1.78. The zero-order chi connectivity index (χ0) is 16.7. The third-order valence-electron chi connectivity index (χ3n) is 6.46. The summed E-state index contributed by atoms with van der Waals surface area (Å²) in [4.78, 5) is 14.3. The van der Waals surface area contributed by atoms with Crippen molar-refractivity contribution in [2.45, 2.75) is 50.0 Å². The molecule has 0 spiro atoms. The molecule has 1 saturated carbocycles. The summed E-state index contributed by atoms with van der Waals surface area (Å²) in [5, 5.41) is 0. The van der Waals surface area contributed by atoms with E-state index in [9.17, 15) is 4.79 Å². The lowest BCUT2D eigenvalue weighted by Crippen LogP contribution is -2.62. The molecule has 0 N–H and O–H groups in total. The van der Waals surface area contributed by atoms with Crippen LogP contribution in [0.2, 0.25) is 0 Å². The highest BCUT2D eigenvalue weighted by Gasteiger charge is 2.55. The molecule has 4 rings (SSSR count). The Hall–Kier alpha value is -1.97. The van der Waals surface area contributed by atoms with Crippen molar-refractivity contribution in [1.82, 2.24) is 4.90 Å². The molecule has 4 nitrogen and oxygen atoms in total. The number of likely N-dealkylation sites (tertiary alicyclic amines) is 1. The summed E-state index contributed by atoms with van der Waals surface area (Å²) in [7, 11) is 1.73. The molecule has 2 aliphatic carbocycles. The molecular weight excluding hydrogens is 304 g/mol. The molecule has 2 fully saturated rings. The van der Waals surface area contributed by atoms with E-state index in [2.05, 4.69) is 18.7 Å². The maximum absolute atomic E-state index is 12.4. The Labute approximate surface area is 143 Å². The van der Waals surface area contributed by atoms with Gasteiger partial charge in [0.1, 0.15) is 5.75 Å². The van der Waals surface area contributed by atoms with Crippen LogP contribution in [-0.4, -0.2) is 30.7 Å². The first-order valence-corrected chi connectivity index (χ1v) is 8.95. The molecule has 0 radical (unpaired) electrons. The van der Waals surface area contributed by atoms with E-state index in [1.807, 2.05) is 11.0 Å². The van der Waals surface area contributed by atoms with Crippen LogP contribution in [0.1, 0.15) is 43.2 Å². The Morgan fingerprint density at radius 2 is 2.25 bits per heavy atom. The molecule has 1 saturated heterocycles. The number of rotatable bonds is 2. The van der Waals surface area contributed by atoms with Crippen LogP contribution < -0.4 is 4.74 Å². The van der Waals surface area contributed by atoms with Gasteiger partial charge in [-0.05, 0) is 54.9 Å². The summed E-state index contributed by atoms with van der Waals surface area (Å²) in [6.07, 6.45) is 7.87. The van der Waals surface area contributed by atoms with Crippen molar-refractivity contribution >= 4 is 6.09 Å². The fourth-order valence-corrected chi connectivity index (χ4v) is 5.48. The number of ether oxygens (including phenoxy) is 2. The van der Waals surface area contributed by atoms with E-state index < -0.39 is 0 Å². The fraction of sp³-hybridized carbons (Fsp3) is 0.550. The van der Waals surface area contributed by atoms with Crippen molar-refractivity contribution in [3.05, 3.63) is 42.2 Å². The summed E-state index contributed by atoms with van der Waals surface area (Å²) in [5.74, 6) is 1.47. The van der Waals surface area contributed by atoms with Crippen molar-refractivity contribution < 1.29 is 14.3 Å². The zero-order valence-corrected chi connectivity index (χ0v) is 14.3. The predicted octanol–water partition coefficient (Wildman–Crippen LogP) is 4.03. The minimum Gasteiger partial charge on any atom is -0.497 e. The third-order valence-corrected chi connectivity index (χ3v) is 6.46. The molecule has 1 heterocycles. The van der Waals surface area contributed by atoms with Crippen LogP contribution in [0.4, 0.5) is 4.79 Å². The number of piperidine rings is 1. The highest BCUT2D eigenvalue weighted by Crippen LogP contribution is 2.56. The van der Waals surface area contributed by atoms with Crippen molar-refractivity contribution in [3.63, 3.8) is 0 Å². The average Bonchev–Trinajstić information content (AvgIpc) is 2.61. The van der Waals surface area contributed by atoms with Crippen LogP contribution in [0, 0.1) is 5.92 Å². The fourth-order valence-electron chi connectivity index (χ4n) is 5.48. The molecular formula is C20H25NO3. The number of hydrogen-bond acceptors (Lipinski definition) is 3. The summed E-state index contributed by atoms with van der Waals surface area (Å²) in [6, 6.07) is 6.73. The van der Waals surface area contributed by atoms with E-state index in [0.717, 1.165) is 25.1 Å². The topological polar surface area (TPSA) is 38.8 Å². The molecule has 1 aromatic rings. The minimum atomic E-state index is -0.244. The molecule has 1 amide bonds. The van der Waals surface area contributed by atoms with Gasteiger partial charge >= 0.3 is 6.09 Å². The number of nitrogens with zero attached hydrogens (tertiary/aromatic N) is 1. The molecule has 2 bridgehead atoms. The van der Waals surface area contributed by atoms with Crippen molar-refractivity contribution in [2.75, 3.05) is 13.7 Å². The van der Waals surface area contributed by atoms with E-state index in [4.69, 9.17) is 9.47 Å². The van der Waals surface area contributed by atoms with E-state index in [-0.39, 0.29) is 17.6 Å². The van der Waals surface area contributed by atoms with Gasteiger partial charge < -0.3 is 14.4 Å². The molecule has 0 aromatic heterocycles. The van der Waals surface area contributed by atoms with Crippen LogP contribution in [0.5, 0.6) is 5.75 Å². The van der Waals surface area contributed by atoms with E-state index in [1.165, 1.54) is 43.1 Å². The highest BCUT2D eigenvalue weighted by atomic mass is 16.6. The summed E-state index contributed by atoms with van der Waals surface area (Å²) >= 11 is 0. The van der Waals surface area contributed by atoms with Crippen molar-refractivity contribution in [1.29, 1.82) is 0 Å². The molecule has 4 heteroatoms. The Kier molecular flexibility index (Phi) is 3.78. The van der Waals surface area contributed by atoms with E-state index in [0.29, 0.717) is 5.92 Å². The van der Waals surface area contributed by atoms with Crippen molar-refractivity contribution in [3.8, 4) is 5.75 Å². The molecule has 1 aromatic carbocycles. The SMILES string of the molecule is C=COC(=O)N1CC[C@@]23CCCCC2[C@@H]1Cc1ccc(O[14CH3])cc13. The lowest BCUT2D eigenvalue weighted by Gasteiger charge is -2.58. The Morgan fingerprint density at radius 1 is 1.38 bits per heavy atom. The van der Waals surface area contributed by atoms with Crippen LogP contribution in [-0.2, 0) is 16.6 Å². The van der Waals surface area contributed by atoms with Gasteiger partial charge in [-0.25, -0.2) is 4.79 Å². The molecule has 128 valence electrons. The first-order chi connectivity index (χ1) is 11.7. The van der Waals surface area contributed by atoms with Gasteiger partial charge in [0.05, 0.1) is 13.4 Å². The minimum absolute atomic E-state index is 0.204. The Morgan fingerprint density at radius 3 is 3.04 bits per heavy atom. The maximum atomic E-state index is 12.4. The molecule has 1 unspecified atom stereocenters. The first-order valence-electron chi connectivity index (χ1n) is 8.95. The largest absolute Gasteiger partial charge is 0.497 e. The number of fused-ring (bicyclic) bond motifs is 1. The summed E-state index contributed by atoms with van der Waals surface area (Å²) < 4.78 is 10.6. The lowest BCUT2D eigenvalue weighted by atomic mass is 9.52. The Bertz CT molecular complexity index is 671. The van der Waals surface area contributed by atoms with Crippen LogP contribution in [0.25, 0.3) is 0 Å². The quantitative estimate of drug-likeness (QED) is 0.769.